The minimum Gasteiger partial charge on any atom is -0.341 e. The van der Waals surface area contributed by atoms with Crippen LogP contribution in [0.3, 0.4) is 0 Å². The van der Waals surface area contributed by atoms with Gasteiger partial charge in [0.25, 0.3) is 5.56 Å². The lowest BCUT2D eigenvalue weighted by Gasteiger charge is -2.32. The molecule has 0 N–H and O–H groups in total. The summed E-state index contributed by atoms with van der Waals surface area (Å²) in [6.07, 6.45) is 9.06. The SMILES string of the molecule is O=c1cc(-c2ccncc2)ncn1CC1CCN(c2nnc3ccccn23)CC1. The number of piperidine rings is 1. The number of aromatic nitrogens is 6. The third-order valence-corrected chi connectivity index (χ3v) is 5.50. The summed E-state index contributed by atoms with van der Waals surface area (Å²) in [6, 6.07) is 11.2. The highest BCUT2D eigenvalue weighted by molar-refractivity contribution is 5.57. The highest BCUT2D eigenvalue weighted by atomic mass is 16.1. The number of anilines is 1. The molecular weight excluding hydrogens is 366 g/mol. The highest BCUT2D eigenvalue weighted by Crippen LogP contribution is 2.23. The number of hydrogen-bond acceptors (Lipinski definition) is 6. The zero-order chi connectivity index (χ0) is 19.6. The normalized spacial score (nSPS) is 15.1. The molecule has 8 nitrogen and oxygen atoms in total. The molecular formula is C21H21N7O. The molecule has 0 amide bonds. The molecule has 1 aliphatic rings. The lowest BCUT2D eigenvalue weighted by atomic mass is 9.97. The molecule has 0 aliphatic carbocycles. The van der Waals surface area contributed by atoms with Gasteiger partial charge < -0.3 is 4.90 Å². The zero-order valence-electron chi connectivity index (χ0n) is 15.9. The van der Waals surface area contributed by atoms with E-state index >= 15 is 0 Å². The quantitative estimate of drug-likeness (QED) is 0.534. The van der Waals surface area contributed by atoms with Gasteiger partial charge >= 0.3 is 0 Å². The largest absolute Gasteiger partial charge is 0.341 e. The van der Waals surface area contributed by atoms with Gasteiger partial charge in [0.2, 0.25) is 5.95 Å². The third-order valence-electron chi connectivity index (χ3n) is 5.50. The predicted molar refractivity (Wildman–Crippen MR) is 110 cm³/mol. The molecule has 5 heterocycles. The molecule has 0 spiro atoms. The van der Waals surface area contributed by atoms with E-state index < -0.39 is 0 Å². The first-order valence-corrected chi connectivity index (χ1v) is 9.79. The van der Waals surface area contributed by atoms with Crippen molar-refractivity contribution in [3.05, 3.63) is 71.7 Å². The van der Waals surface area contributed by atoms with Gasteiger partial charge in [0.1, 0.15) is 0 Å². The molecule has 1 saturated heterocycles. The Balaban J connectivity index is 1.26. The Bertz CT molecular complexity index is 1180. The Morgan fingerprint density at radius 1 is 1.03 bits per heavy atom. The molecule has 4 aromatic heterocycles. The van der Waals surface area contributed by atoms with Crippen LogP contribution in [-0.4, -0.2) is 42.2 Å². The molecule has 4 aromatic rings. The first-order chi connectivity index (χ1) is 14.3. The van der Waals surface area contributed by atoms with Crippen molar-refractivity contribution < 1.29 is 0 Å². The van der Waals surface area contributed by atoms with Gasteiger partial charge in [-0.25, -0.2) is 4.98 Å². The molecule has 5 rings (SSSR count). The first kappa shape index (κ1) is 17.5. The molecule has 146 valence electrons. The van der Waals surface area contributed by atoms with Gasteiger partial charge in [-0.05, 0) is 43.0 Å². The average molecular weight is 387 g/mol. The van der Waals surface area contributed by atoms with Crippen molar-refractivity contribution in [2.75, 3.05) is 18.0 Å². The van der Waals surface area contributed by atoms with E-state index in [9.17, 15) is 4.79 Å². The summed E-state index contributed by atoms with van der Waals surface area (Å²) in [6.45, 7) is 2.49. The van der Waals surface area contributed by atoms with E-state index in [0.717, 1.165) is 43.1 Å². The predicted octanol–water partition coefficient (Wildman–Crippen LogP) is 2.26. The van der Waals surface area contributed by atoms with E-state index in [1.807, 2.05) is 40.9 Å². The zero-order valence-corrected chi connectivity index (χ0v) is 15.9. The van der Waals surface area contributed by atoms with Gasteiger partial charge in [0.15, 0.2) is 5.65 Å². The van der Waals surface area contributed by atoms with Crippen LogP contribution in [0.4, 0.5) is 5.95 Å². The number of pyridine rings is 2. The second-order valence-electron chi connectivity index (χ2n) is 7.36. The molecule has 0 unspecified atom stereocenters. The second-order valence-corrected chi connectivity index (χ2v) is 7.36. The monoisotopic (exact) mass is 387 g/mol. The second kappa shape index (κ2) is 7.46. The summed E-state index contributed by atoms with van der Waals surface area (Å²) in [7, 11) is 0. The molecule has 0 atom stereocenters. The lowest BCUT2D eigenvalue weighted by Crippen LogP contribution is -2.37. The fourth-order valence-corrected chi connectivity index (χ4v) is 3.88. The van der Waals surface area contributed by atoms with Gasteiger partial charge in [-0.1, -0.05) is 6.07 Å². The van der Waals surface area contributed by atoms with E-state index in [1.165, 1.54) is 0 Å². The van der Waals surface area contributed by atoms with Crippen LogP contribution in [0.5, 0.6) is 0 Å². The first-order valence-electron chi connectivity index (χ1n) is 9.79. The van der Waals surface area contributed by atoms with Crippen LogP contribution in [0, 0.1) is 5.92 Å². The number of rotatable bonds is 4. The lowest BCUT2D eigenvalue weighted by molar-refractivity contribution is 0.349. The standard InChI is InChI=1S/C21H21N7O/c29-20-13-18(17-4-8-22-9-5-17)23-15-27(20)14-16-6-11-26(12-7-16)21-25-24-19-3-1-2-10-28(19)21/h1-5,8-10,13,15-16H,6-7,11-12,14H2. The third kappa shape index (κ3) is 3.49. The van der Waals surface area contributed by atoms with E-state index in [1.54, 1.807) is 29.4 Å². The van der Waals surface area contributed by atoms with Crippen molar-refractivity contribution in [3.63, 3.8) is 0 Å². The van der Waals surface area contributed by atoms with Gasteiger partial charge in [-0.15, -0.1) is 10.2 Å². The summed E-state index contributed by atoms with van der Waals surface area (Å²) in [5.41, 5.74) is 2.43. The maximum Gasteiger partial charge on any atom is 0.253 e. The molecule has 1 fully saturated rings. The minimum atomic E-state index is -0.0160. The van der Waals surface area contributed by atoms with Crippen LogP contribution in [0.15, 0.2) is 66.1 Å². The summed E-state index contributed by atoms with van der Waals surface area (Å²) >= 11 is 0. The van der Waals surface area contributed by atoms with Gasteiger partial charge in [0, 0.05) is 49.9 Å². The number of hydrogen-bond donors (Lipinski definition) is 0. The smallest absolute Gasteiger partial charge is 0.253 e. The highest BCUT2D eigenvalue weighted by Gasteiger charge is 2.23. The van der Waals surface area contributed by atoms with Crippen LogP contribution in [0.2, 0.25) is 0 Å². The summed E-state index contributed by atoms with van der Waals surface area (Å²) in [5, 5.41) is 8.59. The van der Waals surface area contributed by atoms with Crippen molar-refractivity contribution in [2.45, 2.75) is 19.4 Å². The fourth-order valence-electron chi connectivity index (χ4n) is 3.88. The van der Waals surface area contributed by atoms with E-state index in [4.69, 9.17) is 0 Å². The maximum atomic E-state index is 12.6. The Labute approximate surface area is 167 Å². The summed E-state index contributed by atoms with van der Waals surface area (Å²) in [5.74, 6) is 1.33. The molecule has 29 heavy (non-hydrogen) atoms. The van der Waals surface area contributed by atoms with Crippen molar-refractivity contribution in [1.29, 1.82) is 0 Å². The van der Waals surface area contributed by atoms with Gasteiger partial charge in [0.05, 0.1) is 12.0 Å². The Hall–Kier alpha value is -3.55. The van der Waals surface area contributed by atoms with Crippen LogP contribution >= 0.6 is 0 Å². The number of fused-ring (bicyclic) bond motifs is 1. The Morgan fingerprint density at radius 2 is 1.86 bits per heavy atom. The number of nitrogens with zero attached hydrogens (tertiary/aromatic N) is 7. The minimum absolute atomic E-state index is 0.0160. The van der Waals surface area contributed by atoms with Crippen LogP contribution < -0.4 is 10.5 Å². The van der Waals surface area contributed by atoms with Crippen molar-refractivity contribution >= 4 is 11.6 Å². The van der Waals surface area contributed by atoms with E-state index in [2.05, 4.69) is 25.1 Å². The van der Waals surface area contributed by atoms with E-state index in [-0.39, 0.29) is 5.56 Å². The molecule has 0 radical (unpaired) electrons. The van der Waals surface area contributed by atoms with Gasteiger partial charge in [-0.3, -0.25) is 18.7 Å². The van der Waals surface area contributed by atoms with Crippen LogP contribution in [0.1, 0.15) is 12.8 Å². The molecule has 8 heteroatoms. The van der Waals surface area contributed by atoms with Crippen molar-refractivity contribution in [2.24, 2.45) is 5.92 Å². The maximum absolute atomic E-state index is 12.6. The Kier molecular flexibility index (Phi) is 4.51. The summed E-state index contributed by atoms with van der Waals surface area (Å²) in [4.78, 5) is 23.3. The fraction of sp³-hybridized carbons (Fsp3) is 0.286. The van der Waals surface area contributed by atoms with Gasteiger partial charge in [-0.2, -0.15) is 0 Å². The molecule has 0 aromatic carbocycles. The topological polar surface area (TPSA) is 81.2 Å². The van der Waals surface area contributed by atoms with Crippen LogP contribution in [0.25, 0.3) is 16.9 Å². The molecule has 0 bridgehead atoms. The molecule has 1 aliphatic heterocycles. The van der Waals surface area contributed by atoms with Crippen LogP contribution in [-0.2, 0) is 6.54 Å². The molecule has 0 saturated carbocycles. The van der Waals surface area contributed by atoms with E-state index in [0.29, 0.717) is 18.2 Å². The van der Waals surface area contributed by atoms with Crippen molar-refractivity contribution in [3.8, 4) is 11.3 Å². The Morgan fingerprint density at radius 3 is 2.66 bits per heavy atom. The average Bonchev–Trinajstić information content (AvgIpc) is 3.20. The summed E-state index contributed by atoms with van der Waals surface area (Å²) < 4.78 is 3.74. The van der Waals surface area contributed by atoms with Crippen molar-refractivity contribution in [1.82, 2.24) is 29.1 Å².